The molecule has 0 heterocycles. The number of benzene rings is 2. The molecule has 0 saturated heterocycles. The average molecular weight is 414 g/mol. The van der Waals surface area contributed by atoms with Crippen molar-refractivity contribution in [3.8, 4) is 5.75 Å². The summed E-state index contributed by atoms with van der Waals surface area (Å²) < 4.78 is 28.5. The van der Waals surface area contributed by atoms with Gasteiger partial charge in [-0.25, -0.2) is 0 Å². The molecule has 2 aromatic rings. The molecule has 7 nitrogen and oxygen atoms in total. The number of ether oxygens (including phenoxy) is 1. The second-order valence-corrected chi connectivity index (χ2v) is 6.41. The summed E-state index contributed by atoms with van der Waals surface area (Å²) in [4.78, 5) is 24.1. The van der Waals surface area contributed by atoms with Crippen molar-refractivity contribution in [3.05, 3.63) is 68.7 Å². The summed E-state index contributed by atoms with van der Waals surface area (Å²) in [5.41, 5.74) is 1.19. The van der Waals surface area contributed by atoms with Crippen LogP contribution in [0.2, 0.25) is 5.02 Å². The van der Waals surface area contributed by atoms with Gasteiger partial charge in [0.25, 0.3) is 5.69 Å². The second-order valence-electron chi connectivity index (χ2n) is 6.00. The van der Waals surface area contributed by atoms with Crippen LogP contribution in [0.4, 0.5) is 14.5 Å². The van der Waals surface area contributed by atoms with E-state index in [1.807, 2.05) is 0 Å². The van der Waals surface area contributed by atoms with Gasteiger partial charge in [-0.05, 0) is 36.4 Å². The molecule has 0 bridgehead atoms. The van der Waals surface area contributed by atoms with Gasteiger partial charge in [0.05, 0.1) is 11.5 Å². The Kier molecular flexibility index (Phi) is 7.65. The normalized spacial score (nSPS) is 10.9. The molecule has 1 N–H and O–H groups in total. The first kappa shape index (κ1) is 21.5. The molecule has 2 rings (SSSR count). The van der Waals surface area contributed by atoms with Gasteiger partial charge in [-0.15, -0.1) is 0 Å². The zero-order chi connectivity index (χ0) is 20.7. The minimum atomic E-state index is -2.89. The Hall–Kier alpha value is -2.78. The fourth-order valence-electron chi connectivity index (χ4n) is 2.43. The number of nitro benzene ring substituents is 1. The number of nitro groups is 1. The maximum atomic E-state index is 12.1. The average Bonchev–Trinajstić information content (AvgIpc) is 2.62. The zero-order valence-corrected chi connectivity index (χ0v) is 15.7. The molecule has 28 heavy (non-hydrogen) atoms. The molecule has 150 valence electrons. The van der Waals surface area contributed by atoms with Gasteiger partial charge in [0.2, 0.25) is 5.91 Å². The maximum Gasteiger partial charge on any atom is 0.387 e. The topological polar surface area (TPSA) is 84.7 Å². The molecule has 0 aliphatic carbocycles. The van der Waals surface area contributed by atoms with Gasteiger partial charge in [-0.2, -0.15) is 8.78 Å². The van der Waals surface area contributed by atoms with E-state index >= 15 is 0 Å². The Bertz CT molecular complexity index is 834. The third kappa shape index (κ3) is 6.75. The van der Waals surface area contributed by atoms with Crippen LogP contribution >= 0.6 is 11.6 Å². The van der Waals surface area contributed by atoms with Crippen LogP contribution in [0, 0.1) is 10.1 Å². The number of carbonyl (C=O) groups is 1. The first-order valence-electron chi connectivity index (χ1n) is 8.16. The first-order valence-corrected chi connectivity index (χ1v) is 8.54. The van der Waals surface area contributed by atoms with E-state index < -0.39 is 11.5 Å². The Morgan fingerprint density at radius 3 is 2.57 bits per heavy atom. The van der Waals surface area contributed by atoms with Crippen LogP contribution in [-0.2, 0) is 17.9 Å². The van der Waals surface area contributed by atoms with Crippen LogP contribution in [0.3, 0.4) is 0 Å². The molecule has 0 fully saturated rings. The molecular formula is C18H18ClF2N3O4. The molecule has 1 amide bonds. The molecule has 0 aliphatic heterocycles. The van der Waals surface area contributed by atoms with Gasteiger partial charge in [0.15, 0.2) is 0 Å². The fourth-order valence-corrected chi connectivity index (χ4v) is 2.61. The van der Waals surface area contributed by atoms with E-state index in [0.717, 1.165) is 5.56 Å². The molecule has 0 aromatic heterocycles. The van der Waals surface area contributed by atoms with E-state index in [9.17, 15) is 23.7 Å². The van der Waals surface area contributed by atoms with Gasteiger partial charge in [-0.3, -0.25) is 19.8 Å². The number of likely N-dealkylation sites (N-methyl/N-ethyl adjacent to an activating group) is 1. The summed E-state index contributed by atoms with van der Waals surface area (Å²) in [7, 11) is 1.69. The third-order valence-electron chi connectivity index (χ3n) is 3.73. The van der Waals surface area contributed by atoms with Crippen LogP contribution in [0.1, 0.15) is 11.1 Å². The fraction of sp³-hybridized carbons (Fsp3) is 0.278. The summed E-state index contributed by atoms with van der Waals surface area (Å²) in [5.74, 6) is -0.226. The molecule has 0 saturated carbocycles. The van der Waals surface area contributed by atoms with E-state index in [1.165, 1.54) is 30.3 Å². The monoisotopic (exact) mass is 413 g/mol. The molecule has 10 heteroatoms. The SMILES string of the molecule is CN(CC(=O)NCc1ccc(OC(F)F)cc1)Cc1cc([N+](=O)[O-])ccc1Cl. The molecule has 0 spiro atoms. The predicted octanol–water partition coefficient (Wildman–Crippen LogP) is 3.60. The highest BCUT2D eigenvalue weighted by Gasteiger charge is 2.13. The second kappa shape index (κ2) is 9.95. The number of amides is 1. The van der Waals surface area contributed by atoms with Crippen molar-refractivity contribution in [3.63, 3.8) is 0 Å². The summed E-state index contributed by atoms with van der Waals surface area (Å²) >= 11 is 6.06. The number of rotatable bonds is 9. The van der Waals surface area contributed by atoms with Crippen molar-refractivity contribution < 1.29 is 23.2 Å². The molecule has 0 aliphatic rings. The highest BCUT2D eigenvalue weighted by atomic mass is 35.5. The largest absolute Gasteiger partial charge is 0.435 e. The molecule has 0 unspecified atom stereocenters. The van der Waals surface area contributed by atoms with Gasteiger partial charge < -0.3 is 10.1 Å². The third-order valence-corrected chi connectivity index (χ3v) is 4.10. The van der Waals surface area contributed by atoms with E-state index in [1.54, 1.807) is 24.1 Å². The lowest BCUT2D eigenvalue weighted by molar-refractivity contribution is -0.384. The zero-order valence-electron chi connectivity index (χ0n) is 14.9. The quantitative estimate of drug-likeness (QED) is 0.501. The Labute approximate surface area is 165 Å². The van der Waals surface area contributed by atoms with Crippen LogP contribution < -0.4 is 10.1 Å². The molecular weight excluding hydrogens is 396 g/mol. The van der Waals surface area contributed by atoms with E-state index in [2.05, 4.69) is 10.1 Å². The number of nitrogens with one attached hydrogen (secondary N) is 1. The Balaban J connectivity index is 1.84. The van der Waals surface area contributed by atoms with Crippen molar-refractivity contribution in [1.29, 1.82) is 0 Å². The number of halogens is 3. The van der Waals surface area contributed by atoms with Gasteiger partial charge >= 0.3 is 6.61 Å². The predicted molar refractivity (Wildman–Crippen MR) is 99.4 cm³/mol. The number of carbonyl (C=O) groups excluding carboxylic acids is 1. The lowest BCUT2D eigenvalue weighted by Crippen LogP contribution is -2.34. The maximum absolute atomic E-state index is 12.1. The number of alkyl halides is 2. The highest BCUT2D eigenvalue weighted by Crippen LogP contribution is 2.23. The smallest absolute Gasteiger partial charge is 0.387 e. The lowest BCUT2D eigenvalue weighted by atomic mass is 10.2. The van der Waals surface area contributed by atoms with Crippen molar-refractivity contribution >= 4 is 23.2 Å². The number of hydrogen-bond acceptors (Lipinski definition) is 5. The van der Waals surface area contributed by atoms with Gasteiger partial charge in [0.1, 0.15) is 5.75 Å². The molecule has 0 atom stereocenters. The highest BCUT2D eigenvalue weighted by molar-refractivity contribution is 6.31. The molecule has 0 radical (unpaired) electrons. The number of nitrogens with zero attached hydrogens (tertiary/aromatic N) is 2. The van der Waals surface area contributed by atoms with Gasteiger partial charge in [-0.1, -0.05) is 23.7 Å². The molecule has 2 aromatic carbocycles. The van der Waals surface area contributed by atoms with E-state index in [-0.39, 0.29) is 37.0 Å². The first-order chi connectivity index (χ1) is 13.2. The van der Waals surface area contributed by atoms with Crippen molar-refractivity contribution in [2.45, 2.75) is 19.7 Å². The van der Waals surface area contributed by atoms with Crippen LogP contribution in [0.15, 0.2) is 42.5 Å². The summed E-state index contributed by atoms with van der Waals surface area (Å²) in [5, 5.41) is 13.9. The Morgan fingerprint density at radius 1 is 1.29 bits per heavy atom. The Morgan fingerprint density at radius 2 is 1.96 bits per heavy atom. The van der Waals surface area contributed by atoms with Crippen LogP contribution in [0.5, 0.6) is 5.75 Å². The van der Waals surface area contributed by atoms with Crippen LogP contribution in [0.25, 0.3) is 0 Å². The van der Waals surface area contributed by atoms with Crippen molar-refractivity contribution in [1.82, 2.24) is 10.2 Å². The van der Waals surface area contributed by atoms with Crippen molar-refractivity contribution in [2.75, 3.05) is 13.6 Å². The number of non-ortho nitro benzene ring substituents is 1. The van der Waals surface area contributed by atoms with E-state index in [0.29, 0.717) is 10.6 Å². The van der Waals surface area contributed by atoms with Gasteiger partial charge in [0, 0.05) is 30.2 Å². The number of hydrogen-bond donors (Lipinski definition) is 1. The van der Waals surface area contributed by atoms with Crippen molar-refractivity contribution in [2.24, 2.45) is 0 Å². The summed E-state index contributed by atoms with van der Waals surface area (Å²) in [6.45, 7) is -2.36. The van der Waals surface area contributed by atoms with E-state index in [4.69, 9.17) is 11.6 Å². The van der Waals surface area contributed by atoms with Crippen LogP contribution in [-0.4, -0.2) is 35.9 Å². The summed E-state index contributed by atoms with van der Waals surface area (Å²) in [6, 6.07) is 10.1. The lowest BCUT2D eigenvalue weighted by Gasteiger charge is -2.17. The minimum Gasteiger partial charge on any atom is -0.435 e. The standard InChI is InChI=1S/C18H18ClF2N3O4/c1-23(10-13-8-14(24(26)27)4-7-16(13)19)11-17(25)22-9-12-2-5-15(6-3-12)28-18(20)21/h2-8,18H,9-11H2,1H3,(H,22,25). The summed E-state index contributed by atoms with van der Waals surface area (Å²) in [6.07, 6.45) is 0. The minimum absolute atomic E-state index is 0.0404.